The lowest BCUT2D eigenvalue weighted by atomic mass is 10.2. The summed E-state index contributed by atoms with van der Waals surface area (Å²) in [6.45, 7) is 5.53. The fourth-order valence-corrected chi connectivity index (χ4v) is 2.74. The molecule has 0 bridgehead atoms. The molecule has 1 aromatic heterocycles. The highest BCUT2D eigenvalue weighted by Gasteiger charge is 2.20. The Morgan fingerprint density at radius 3 is 2.79 bits per heavy atom. The van der Waals surface area contributed by atoms with Gasteiger partial charge in [-0.3, -0.25) is 4.90 Å². The molecule has 1 aliphatic heterocycles. The number of hydrogen-bond acceptors (Lipinski definition) is 5. The Hall–Kier alpha value is -2.38. The van der Waals surface area contributed by atoms with Crippen LogP contribution in [0, 0.1) is 6.92 Å². The van der Waals surface area contributed by atoms with Gasteiger partial charge in [-0.2, -0.15) is 0 Å². The number of carbonyl (C=O) groups excluding carboxylic acids is 1. The molecule has 0 spiro atoms. The summed E-state index contributed by atoms with van der Waals surface area (Å²) in [5.41, 5.74) is 1.54. The number of benzene rings is 1. The number of piperazine rings is 1. The number of aromatic nitrogens is 1. The normalized spacial score (nSPS) is 15.5. The van der Waals surface area contributed by atoms with E-state index in [2.05, 4.69) is 15.2 Å². The molecule has 0 aliphatic carbocycles. The standard InChI is InChI=1S/C17H22N4O3/c1-13-12-18-16(24-13)14-3-2-4-15(11-14)19-17(23)21-7-5-20(6-8-21)9-10-22/h2-4,11-12,22H,5-10H2,1H3,(H,19,23). The number of anilines is 1. The largest absolute Gasteiger partial charge is 0.441 e. The van der Waals surface area contributed by atoms with E-state index >= 15 is 0 Å². The highest BCUT2D eigenvalue weighted by Crippen LogP contribution is 2.22. The zero-order chi connectivity index (χ0) is 16.9. The van der Waals surface area contributed by atoms with Crippen molar-refractivity contribution < 1.29 is 14.3 Å². The smallest absolute Gasteiger partial charge is 0.321 e. The van der Waals surface area contributed by atoms with Crippen LogP contribution in [-0.4, -0.2) is 65.3 Å². The number of carbonyl (C=O) groups is 1. The van der Waals surface area contributed by atoms with Crippen LogP contribution in [-0.2, 0) is 0 Å². The number of oxazole rings is 1. The van der Waals surface area contributed by atoms with Gasteiger partial charge in [0, 0.05) is 44.0 Å². The minimum absolute atomic E-state index is 0.112. The first-order valence-corrected chi connectivity index (χ1v) is 8.08. The van der Waals surface area contributed by atoms with Gasteiger partial charge in [-0.05, 0) is 25.1 Å². The minimum Gasteiger partial charge on any atom is -0.441 e. The lowest BCUT2D eigenvalue weighted by molar-refractivity contribution is 0.127. The fourth-order valence-electron chi connectivity index (χ4n) is 2.74. The second kappa shape index (κ2) is 7.46. The van der Waals surface area contributed by atoms with Crippen molar-refractivity contribution in [2.45, 2.75) is 6.92 Å². The van der Waals surface area contributed by atoms with Crippen molar-refractivity contribution in [3.63, 3.8) is 0 Å². The predicted molar refractivity (Wildman–Crippen MR) is 90.8 cm³/mol. The fraction of sp³-hybridized carbons (Fsp3) is 0.412. The second-order valence-electron chi connectivity index (χ2n) is 5.84. The number of nitrogens with one attached hydrogen (secondary N) is 1. The highest BCUT2D eigenvalue weighted by atomic mass is 16.4. The average Bonchev–Trinajstić information content (AvgIpc) is 3.03. The van der Waals surface area contributed by atoms with E-state index in [1.807, 2.05) is 31.2 Å². The maximum Gasteiger partial charge on any atom is 0.321 e. The van der Waals surface area contributed by atoms with Crippen LogP contribution in [0.3, 0.4) is 0 Å². The molecule has 3 rings (SSSR count). The molecule has 1 saturated heterocycles. The van der Waals surface area contributed by atoms with Gasteiger partial charge in [0.1, 0.15) is 5.76 Å². The van der Waals surface area contributed by atoms with Crippen molar-refractivity contribution in [2.75, 3.05) is 44.6 Å². The molecular formula is C17H22N4O3. The maximum atomic E-state index is 12.4. The van der Waals surface area contributed by atoms with E-state index < -0.39 is 0 Å². The summed E-state index contributed by atoms with van der Waals surface area (Å²) in [7, 11) is 0. The SMILES string of the molecule is Cc1cnc(-c2cccc(NC(=O)N3CCN(CCO)CC3)c2)o1. The van der Waals surface area contributed by atoms with Gasteiger partial charge in [0.05, 0.1) is 12.8 Å². The number of hydrogen-bond donors (Lipinski definition) is 2. The Morgan fingerprint density at radius 1 is 1.33 bits per heavy atom. The van der Waals surface area contributed by atoms with E-state index in [4.69, 9.17) is 9.52 Å². The van der Waals surface area contributed by atoms with Crippen LogP contribution in [0.25, 0.3) is 11.5 Å². The first kappa shape index (κ1) is 16.5. The van der Waals surface area contributed by atoms with Gasteiger partial charge in [-0.15, -0.1) is 0 Å². The van der Waals surface area contributed by atoms with Crippen LogP contribution in [0.1, 0.15) is 5.76 Å². The van der Waals surface area contributed by atoms with E-state index in [9.17, 15) is 4.79 Å². The molecule has 2 amide bonds. The van der Waals surface area contributed by atoms with Crippen LogP contribution < -0.4 is 5.32 Å². The van der Waals surface area contributed by atoms with Crippen LogP contribution in [0.4, 0.5) is 10.5 Å². The lowest BCUT2D eigenvalue weighted by Gasteiger charge is -2.34. The van der Waals surface area contributed by atoms with Crippen molar-refractivity contribution in [3.05, 3.63) is 36.2 Å². The molecule has 0 saturated carbocycles. The van der Waals surface area contributed by atoms with Gasteiger partial charge >= 0.3 is 6.03 Å². The van der Waals surface area contributed by atoms with E-state index in [0.717, 1.165) is 24.4 Å². The number of amides is 2. The Morgan fingerprint density at radius 2 is 2.12 bits per heavy atom. The summed E-state index contributed by atoms with van der Waals surface area (Å²) in [6.07, 6.45) is 1.67. The second-order valence-corrected chi connectivity index (χ2v) is 5.84. The Labute approximate surface area is 140 Å². The zero-order valence-electron chi connectivity index (χ0n) is 13.7. The number of aryl methyl sites for hydroxylation is 1. The topological polar surface area (TPSA) is 81.8 Å². The van der Waals surface area contributed by atoms with Gasteiger partial charge in [0.15, 0.2) is 0 Å². The summed E-state index contributed by atoms with van der Waals surface area (Å²) in [6, 6.07) is 7.35. The van der Waals surface area contributed by atoms with Gasteiger partial charge in [0.25, 0.3) is 0 Å². The third kappa shape index (κ3) is 3.93. The molecule has 1 fully saturated rings. The van der Waals surface area contributed by atoms with Crippen LogP contribution in [0.5, 0.6) is 0 Å². The van der Waals surface area contributed by atoms with Gasteiger partial charge in [-0.25, -0.2) is 9.78 Å². The summed E-state index contributed by atoms with van der Waals surface area (Å²) in [4.78, 5) is 20.5. The summed E-state index contributed by atoms with van der Waals surface area (Å²) >= 11 is 0. The third-order valence-electron chi connectivity index (χ3n) is 4.06. The lowest BCUT2D eigenvalue weighted by Crippen LogP contribution is -2.50. The molecule has 1 aliphatic rings. The van der Waals surface area contributed by atoms with Crippen molar-refractivity contribution in [1.82, 2.24) is 14.8 Å². The number of urea groups is 1. The van der Waals surface area contributed by atoms with E-state index in [0.29, 0.717) is 31.2 Å². The van der Waals surface area contributed by atoms with Crippen LogP contribution in [0.2, 0.25) is 0 Å². The summed E-state index contributed by atoms with van der Waals surface area (Å²) in [5.74, 6) is 1.29. The van der Waals surface area contributed by atoms with Gasteiger partial charge in [-0.1, -0.05) is 6.07 Å². The molecule has 2 heterocycles. The molecule has 1 aromatic carbocycles. The van der Waals surface area contributed by atoms with Gasteiger partial charge < -0.3 is 19.7 Å². The summed E-state index contributed by atoms with van der Waals surface area (Å²) < 4.78 is 5.52. The summed E-state index contributed by atoms with van der Waals surface area (Å²) in [5, 5.41) is 11.9. The Kier molecular flexibility index (Phi) is 5.12. The quantitative estimate of drug-likeness (QED) is 0.893. The highest BCUT2D eigenvalue weighted by molar-refractivity contribution is 5.90. The monoisotopic (exact) mass is 330 g/mol. The molecule has 7 heteroatoms. The maximum absolute atomic E-state index is 12.4. The minimum atomic E-state index is -0.112. The van der Waals surface area contributed by atoms with E-state index in [1.165, 1.54) is 0 Å². The van der Waals surface area contributed by atoms with Crippen LogP contribution in [0.15, 0.2) is 34.9 Å². The van der Waals surface area contributed by atoms with Crippen molar-refractivity contribution >= 4 is 11.7 Å². The third-order valence-corrected chi connectivity index (χ3v) is 4.06. The Balaban J connectivity index is 1.61. The number of aliphatic hydroxyl groups excluding tert-OH is 1. The van der Waals surface area contributed by atoms with E-state index in [1.54, 1.807) is 11.1 Å². The molecule has 0 atom stereocenters. The molecule has 24 heavy (non-hydrogen) atoms. The number of β-amino-alcohol motifs (C(OH)–C–C–N with tert-alkyl or cyclic N) is 1. The first-order valence-electron chi connectivity index (χ1n) is 8.08. The van der Waals surface area contributed by atoms with Crippen molar-refractivity contribution in [2.24, 2.45) is 0 Å². The molecule has 7 nitrogen and oxygen atoms in total. The van der Waals surface area contributed by atoms with E-state index in [-0.39, 0.29) is 12.6 Å². The number of aliphatic hydroxyl groups is 1. The molecular weight excluding hydrogens is 308 g/mol. The average molecular weight is 330 g/mol. The molecule has 2 aromatic rings. The predicted octanol–water partition coefficient (Wildman–Crippen LogP) is 1.79. The van der Waals surface area contributed by atoms with Gasteiger partial charge in [0.2, 0.25) is 5.89 Å². The molecule has 0 unspecified atom stereocenters. The molecule has 0 radical (unpaired) electrons. The molecule has 128 valence electrons. The zero-order valence-corrected chi connectivity index (χ0v) is 13.7. The number of rotatable bonds is 4. The Bertz CT molecular complexity index is 693. The first-order chi connectivity index (χ1) is 11.7. The van der Waals surface area contributed by atoms with Crippen molar-refractivity contribution in [3.8, 4) is 11.5 Å². The molecule has 2 N–H and O–H groups in total. The number of nitrogens with zero attached hydrogens (tertiary/aromatic N) is 3. The van der Waals surface area contributed by atoms with Crippen LogP contribution >= 0.6 is 0 Å². The van der Waals surface area contributed by atoms with Crippen molar-refractivity contribution in [1.29, 1.82) is 0 Å².